The third kappa shape index (κ3) is 2.13. The molecule has 1 heterocycles. The molecule has 0 aliphatic rings. The summed E-state index contributed by atoms with van der Waals surface area (Å²) in [5.41, 5.74) is 0.212. The molecule has 5 heteroatoms. The average molecular weight is 211 g/mol. The lowest BCUT2D eigenvalue weighted by Gasteiger charge is -2.16. The van der Waals surface area contributed by atoms with Crippen molar-refractivity contribution in [2.24, 2.45) is 0 Å². The Hall–Kier alpha value is 0.327. The fourth-order valence-corrected chi connectivity index (χ4v) is 4.36. The molecule has 0 saturated carbocycles. The minimum atomic E-state index is -1.60. The van der Waals surface area contributed by atoms with Crippen molar-refractivity contribution in [2.75, 3.05) is 0 Å². The molecule has 0 atom stereocenters. The molecule has 0 amide bonds. The van der Waals surface area contributed by atoms with Crippen molar-refractivity contribution in [1.82, 2.24) is 7.81 Å². The Kier molecular flexibility index (Phi) is 2.06. The number of nitrogens with zero attached hydrogens (tertiary/aromatic N) is 2. The fraction of sp³-hybridized carbons (Fsp3) is 1.00. The molecular weight excluding hydrogens is 196 g/mol. The van der Waals surface area contributed by atoms with Gasteiger partial charge < -0.3 is 0 Å². The van der Waals surface area contributed by atoms with E-state index < -0.39 is 7.55 Å². The van der Waals surface area contributed by atoms with E-state index in [1.807, 2.05) is 0 Å². The Morgan fingerprint density at radius 2 is 1.73 bits per heavy atom. The molecule has 0 aliphatic carbocycles. The van der Waals surface area contributed by atoms with Gasteiger partial charge in [0.15, 0.2) is 0 Å². The lowest BCUT2D eigenvalue weighted by atomic mass is 10.1. The minimum Gasteiger partial charge on any atom is -0.229 e. The Morgan fingerprint density at radius 3 is 1.82 bits per heavy atom. The van der Waals surface area contributed by atoms with Gasteiger partial charge in [-0.3, -0.25) is 0 Å². The Balaban J connectivity index is 2.76. The van der Waals surface area contributed by atoms with Gasteiger partial charge in [-0.05, 0) is 33.9 Å². The lowest BCUT2D eigenvalue weighted by Crippen LogP contribution is -2.30. The maximum absolute atomic E-state index is 6.23. The highest BCUT2D eigenvalue weighted by atomic mass is 35.6. The van der Waals surface area contributed by atoms with Crippen molar-refractivity contribution >= 4 is 30.4 Å². The minimum absolute atomic E-state index is 0.212. The molecule has 66 valence electrons. The van der Waals surface area contributed by atoms with Crippen molar-refractivity contribution in [1.29, 1.82) is 0 Å². The van der Waals surface area contributed by atoms with Crippen molar-refractivity contribution < 1.29 is 0 Å². The molecule has 0 bridgehead atoms. The number of aromatic nitrogens is 2. The van der Waals surface area contributed by atoms with E-state index in [0.717, 1.165) is 0 Å². The molecular formula is C6H15ClN2SSi. The van der Waals surface area contributed by atoms with Crippen LogP contribution in [0.3, 0.4) is 0 Å². The van der Waals surface area contributed by atoms with Crippen molar-refractivity contribution in [2.45, 2.75) is 39.4 Å². The van der Waals surface area contributed by atoms with Gasteiger partial charge in [-0.15, -0.1) is 11.1 Å². The van der Waals surface area contributed by atoms with E-state index in [4.69, 9.17) is 11.1 Å². The number of halogens is 1. The fourth-order valence-electron chi connectivity index (χ4n) is 0.765. The highest BCUT2D eigenvalue weighted by Gasteiger charge is 2.33. The quantitative estimate of drug-likeness (QED) is 0.499. The second kappa shape index (κ2) is 2.41. The smallest absolute Gasteiger partial charge is 0.229 e. The van der Waals surface area contributed by atoms with Crippen LogP contribution in [0.4, 0.5) is 0 Å². The van der Waals surface area contributed by atoms with Gasteiger partial charge in [0.2, 0.25) is 0 Å². The molecule has 0 saturated heterocycles. The van der Waals surface area contributed by atoms with Gasteiger partial charge >= 0.3 is 0 Å². The Bertz CT molecular complexity index is 211. The normalized spacial score (nSPS) is 14.4. The molecule has 1 aromatic heterocycles. The molecule has 0 aliphatic heterocycles. The zero-order chi connectivity index (χ0) is 8.86. The van der Waals surface area contributed by atoms with Gasteiger partial charge in [-0.2, -0.15) is 0 Å². The first-order valence-corrected chi connectivity index (χ1v) is 8.39. The third-order valence-electron chi connectivity index (χ3n) is 1.32. The SMILES string of the molecule is CC(C)(C)n1sn1[Si](C)(C)Cl. The van der Waals surface area contributed by atoms with Crippen molar-refractivity contribution in [3.8, 4) is 0 Å². The van der Waals surface area contributed by atoms with Crippen LogP contribution in [0.1, 0.15) is 20.8 Å². The van der Waals surface area contributed by atoms with E-state index >= 15 is 0 Å². The van der Waals surface area contributed by atoms with Crippen LogP contribution in [0.5, 0.6) is 0 Å². The van der Waals surface area contributed by atoms with Gasteiger partial charge in [0, 0.05) is 11.7 Å². The summed E-state index contributed by atoms with van der Waals surface area (Å²) in [5, 5.41) is 0. The molecule has 0 spiro atoms. The topological polar surface area (TPSA) is 9.86 Å². The summed E-state index contributed by atoms with van der Waals surface area (Å²) in [6.45, 7) is 10.8. The molecule has 0 N–H and O–H groups in total. The molecule has 11 heavy (non-hydrogen) atoms. The second-order valence-electron chi connectivity index (χ2n) is 4.21. The highest BCUT2D eigenvalue weighted by molar-refractivity contribution is 7.26. The first-order valence-electron chi connectivity index (χ1n) is 3.70. The van der Waals surface area contributed by atoms with E-state index in [-0.39, 0.29) is 5.54 Å². The number of hydrogen-bond acceptors (Lipinski definition) is 1. The van der Waals surface area contributed by atoms with E-state index in [2.05, 4.69) is 41.7 Å². The van der Waals surface area contributed by atoms with Gasteiger partial charge in [0.1, 0.15) is 0 Å². The van der Waals surface area contributed by atoms with E-state index in [1.54, 1.807) is 11.7 Å². The Morgan fingerprint density at radius 1 is 1.27 bits per heavy atom. The molecule has 0 unspecified atom stereocenters. The number of rotatable bonds is 1. The van der Waals surface area contributed by atoms with Crippen LogP contribution in [-0.2, 0) is 5.54 Å². The molecule has 1 rings (SSSR count). The summed E-state index contributed by atoms with van der Waals surface area (Å²) in [5.74, 6) is 0. The van der Waals surface area contributed by atoms with Crippen molar-refractivity contribution in [3.05, 3.63) is 0 Å². The van der Waals surface area contributed by atoms with Gasteiger partial charge in [0.25, 0.3) is 7.55 Å². The maximum Gasteiger partial charge on any atom is 0.287 e. The summed E-state index contributed by atoms with van der Waals surface area (Å²) < 4.78 is 4.46. The van der Waals surface area contributed by atoms with E-state index in [0.29, 0.717) is 0 Å². The van der Waals surface area contributed by atoms with Crippen LogP contribution in [0, 0.1) is 0 Å². The summed E-state index contributed by atoms with van der Waals surface area (Å²) in [6, 6.07) is 0. The van der Waals surface area contributed by atoms with Crippen LogP contribution < -0.4 is 0 Å². The average Bonchev–Trinajstić information content (AvgIpc) is 2.30. The summed E-state index contributed by atoms with van der Waals surface area (Å²) >= 11 is 7.98. The maximum atomic E-state index is 6.23. The molecule has 0 radical (unpaired) electrons. The zero-order valence-corrected chi connectivity index (χ0v) is 10.3. The number of hydrogen-bond donors (Lipinski definition) is 0. The van der Waals surface area contributed by atoms with E-state index in [1.165, 1.54) is 0 Å². The van der Waals surface area contributed by atoms with Crippen LogP contribution in [0.2, 0.25) is 13.1 Å². The van der Waals surface area contributed by atoms with Gasteiger partial charge in [-0.25, -0.2) is 7.81 Å². The molecule has 2 nitrogen and oxygen atoms in total. The molecule has 0 aromatic carbocycles. The summed E-state index contributed by atoms with van der Waals surface area (Å²) in [7, 11) is -1.60. The Labute approximate surface area is 77.8 Å². The van der Waals surface area contributed by atoms with Crippen LogP contribution in [-0.4, -0.2) is 15.4 Å². The zero-order valence-electron chi connectivity index (χ0n) is 7.68. The predicted molar refractivity (Wildman–Crippen MR) is 54.0 cm³/mol. The van der Waals surface area contributed by atoms with Crippen LogP contribution in [0.25, 0.3) is 0 Å². The first kappa shape index (κ1) is 9.42. The highest BCUT2D eigenvalue weighted by Crippen LogP contribution is 2.29. The standard InChI is InChI=1S/C6H15ClN2SSi/c1-6(2,3)8-9(10-8)11(4,5)7/h1-5H3. The first-order chi connectivity index (χ1) is 4.73. The molecule has 0 fully saturated rings. The summed E-state index contributed by atoms with van der Waals surface area (Å²) in [4.78, 5) is 0. The summed E-state index contributed by atoms with van der Waals surface area (Å²) in [6.07, 6.45) is 0. The lowest BCUT2D eigenvalue weighted by molar-refractivity contribution is 0.405. The predicted octanol–water partition coefficient (Wildman–Crippen LogP) is 2.89. The molecule has 1 aromatic rings. The largest absolute Gasteiger partial charge is 0.287 e. The van der Waals surface area contributed by atoms with Crippen LogP contribution >= 0.6 is 22.8 Å². The van der Waals surface area contributed by atoms with Gasteiger partial charge in [0.05, 0.1) is 5.54 Å². The second-order valence-corrected chi connectivity index (χ2v) is 11.4. The van der Waals surface area contributed by atoms with Gasteiger partial charge in [-0.1, -0.05) is 0 Å². The van der Waals surface area contributed by atoms with Crippen LogP contribution in [0.15, 0.2) is 0 Å². The van der Waals surface area contributed by atoms with Crippen molar-refractivity contribution in [3.63, 3.8) is 0 Å². The monoisotopic (exact) mass is 210 g/mol. The third-order valence-corrected chi connectivity index (χ3v) is 6.01. The van der Waals surface area contributed by atoms with E-state index in [9.17, 15) is 0 Å².